The Morgan fingerprint density at radius 2 is 1.90 bits per heavy atom. The maximum atomic E-state index is 13.0. The number of aromatic nitrogens is 3. The van der Waals surface area contributed by atoms with Gasteiger partial charge >= 0.3 is 0 Å². The monoisotopic (exact) mass is 390 g/mol. The summed E-state index contributed by atoms with van der Waals surface area (Å²) in [5.74, 6) is -0.225. The smallest absolute Gasteiger partial charge is 0.272 e. The molecule has 0 spiro atoms. The van der Waals surface area contributed by atoms with E-state index in [4.69, 9.17) is 5.10 Å². The maximum Gasteiger partial charge on any atom is 0.272 e. The Hall–Kier alpha value is -3.15. The van der Waals surface area contributed by atoms with Crippen LogP contribution in [0, 0.1) is 13.8 Å². The van der Waals surface area contributed by atoms with Crippen molar-refractivity contribution >= 4 is 5.91 Å². The van der Waals surface area contributed by atoms with Crippen molar-refractivity contribution in [3.05, 3.63) is 80.5 Å². The minimum absolute atomic E-state index is 0.156. The van der Waals surface area contributed by atoms with Crippen molar-refractivity contribution in [1.29, 1.82) is 0 Å². The molecule has 6 nitrogen and oxygen atoms in total. The molecule has 1 aromatic carbocycles. The molecule has 3 aromatic rings. The highest BCUT2D eigenvalue weighted by molar-refractivity contribution is 5.94. The van der Waals surface area contributed by atoms with Gasteiger partial charge in [0.2, 0.25) is 0 Å². The molecule has 2 aromatic heterocycles. The van der Waals surface area contributed by atoms with Crippen molar-refractivity contribution in [2.24, 2.45) is 0 Å². The van der Waals surface area contributed by atoms with E-state index in [0.717, 1.165) is 60.3 Å². The van der Waals surface area contributed by atoms with Crippen molar-refractivity contribution in [3.8, 4) is 5.69 Å². The molecule has 2 heterocycles. The Bertz CT molecular complexity index is 1100. The third kappa shape index (κ3) is 3.88. The average molecular weight is 390 g/mol. The van der Waals surface area contributed by atoms with Crippen LogP contribution in [0.1, 0.15) is 57.8 Å². The summed E-state index contributed by atoms with van der Waals surface area (Å²) in [7, 11) is 0. The number of hydrogen-bond donors (Lipinski definition) is 2. The number of rotatable bonds is 4. The van der Waals surface area contributed by atoms with E-state index in [1.165, 1.54) is 0 Å². The third-order valence-electron chi connectivity index (χ3n) is 5.57. The Morgan fingerprint density at radius 3 is 2.66 bits per heavy atom. The first-order valence-corrected chi connectivity index (χ1v) is 10.2. The van der Waals surface area contributed by atoms with Gasteiger partial charge in [0.05, 0.1) is 5.69 Å². The highest BCUT2D eigenvalue weighted by atomic mass is 16.2. The fraction of sp³-hybridized carbons (Fsp3) is 0.348. The van der Waals surface area contributed by atoms with Crippen molar-refractivity contribution in [2.45, 2.75) is 52.5 Å². The first-order valence-electron chi connectivity index (χ1n) is 10.2. The van der Waals surface area contributed by atoms with Crippen LogP contribution in [0.4, 0.5) is 0 Å². The molecular formula is C23H26N4O2. The highest BCUT2D eigenvalue weighted by Crippen LogP contribution is 2.26. The minimum Gasteiger partial charge on any atom is -0.346 e. The number of H-pyrrole nitrogens is 1. The zero-order valence-electron chi connectivity index (χ0n) is 16.9. The molecule has 0 radical (unpaired) electrons. The van der Waals surface area contributed by atoms with Gasteiger partial charge in [0.1, 0.15) is 0 Å². The van der Waals surface area contributed by atoms with Gasteiger partial charge in [0, 0.05) is 29.1 Å². The van der Waals surface area contributed by atoms with Crippen LogP contribution in [0.5, 0.6) is 0 Å². The molecule has 1 amide bonds. The molecule has 0 aliphatic heterocycles. The van der Waals surface area contributed by atoms with Crippen molar-refractivity contribution in [3.63, 3.8) is 0 Å². The van der Waals surface area contributed by atoms with Crippen LogP contribution < -0.4 is 10.9 Å². The van der Waals surface area contributed by atoms with Crippen molar-refractivity contribution < 1.29 is 4.79 Å². The normalized spacial score (nSPS) is 13.6. The fourth-order valence-electron chi connectivity index (χ4n) is 4.09. The molecule has 2 N–H and O–H groups in total. The van der Waals surface area contributed by atoms with Crippen LogP contribution in [0.15, 0.2) is 41.2 Å². The standard InChI is InChI=1S/C23H26N4O2/c1-15-13-16(2)25-22(28)19(15)14-24-23(29)21-18-11-7-4-8-12-20(18)27(26-21)17-9-5-3-6-10-17/h3,5-6,9-10,13H,4,7-8,11-12,14H2,1-2H3,(H,24,29)(H,25,28). The van der Waals surface area contributed by atoms with E-state index >= 15 is 0 Å². The van der Waals surface area contributed by atoms with Crippen molar-refractivity contribution in [1.82, 2.24) is 20.1 Å². The summed E-state index contributed by atoms with van der Waals surface area (Å²) in [6, 6.07) is 11.9. The molecular weight excluding hydrogens is 364 g/mol. The molecule has 0 saturated heterocycles. The number of para-hydroxylation sites is 1. The second-order valence-corrected chi connectivity index (χ2v) is 7.71. The van der Waals surface area contributed by atoms with Gasteiger partial charge in [-0.2, -0.15) is 5.10 Å². The summed E-state index contributed by atoms with van der Waals surface area (Å²) >= 11 is 0. The number of carbonyl (C=O) groups excluding carboxylic acids is 1. The maximum absolute atomic E-state index is 13.0. The van der Waals surface area contributed by atoms with Crippen LogP contribution in [0.2, 0.25) is 0 Å². The fourth-order valence-corrected chi connectivity index (χ4v) is 4.09. The number of nitrogens with zero attached hydrogens (tertiary/aromatic N) is 2. The molecule has 4 rings (SSSR count). The quantitative estimate of drug-likeness (QED) is 0.670. The molecule has 0 fully saturated rings. The molecule has 0 unspecified atom stereocenters. The van der Waals surface area contributed by atoms with E-state index in [-0.39, 0.29) is 18.0 Å². The number of carbonyl (C=O) groups is 1. The third-order valence-corrected chi connectivity index (χ3v) is 5.57. The molecule has 0 bridgehead atoms. The predicted molar refractivity (Wildman–Crippen MR) is 113 cm³/mol. The van der Waals surface area contributed by atoms with Crippen LogP contribution >= 0.6 is 0 Å². The summed E-state index contributed by atoms with van der Waals surface area (Å²) in [6.07, 6.45) is 5.09. The molecule has 150 valence electrons. The number of aromatic amines is 1. The molecule has 0 saturated carbocycles. The van der Waals surface area contributed by atoms with E-state index in [9.17, 15) is 9.59 Å². The van der Waals surface area contributed by atoms with Crippen molar-refractivity contribution in [2.75, 3.05) is 0 Å². The van der Waals surface area contributed by atoms with E-state index in [2.05, 4.69) is 10.3 Å². The first-order chi connectivity index (χ1) is 14.0. The summed E-state index contributed by atoms with van der Waals surface area (Å²) in [4.78, 5) is 28.1. The van der Waals surface area contributed by atoms with Gasteiger partial charge in [-0.3, -0.25) is 9.59 Å². The number of amides is 1. The van der Waals surface area contributed by atoms with Gasteiger partial charge < -0.3 is 10.3 Å². The number of pyridine rings is 1. The molecule has 6 heteroatoms. The molecule has 29 heavy (non-hydrogen) atoms. The number of nitrogens with one attached hydrogen (secondary N) is 2. The number of fused-ring (bicyclic) bond motifs is 1. The van der Waals surface area contributed by atoms with Gasteiger partial charge in [-0.15, -0.1) is 0 Å². The molecule has 1 aliphatic carbocycles. The van der Waals surface area contributed by atoms with Gasteiger partial charge in [0.25, 0.3) is 11.5 Å². The summed E-state index contributed by atoms with van der Waals surface area (Å²) in [5, 5.41) is 7.61. The lowest BCUT2D eigenvalue weighted by Crippen LogP contribution is -2.29. The van der Waals surface area contributed by atoms with Crippen LogP contribution in [0.25, 0.3) is 5.69 Å². The highest BCUT2D eigenvalue weighted by Gasteiger charge is 2.24. The average Bonchev–Trinajstić information content (AvgIpc) is 2.89. The SMILES string of the molecule is Cc1cc(C)c(CNC(=O)c2nn(-c3ccccc3)c3c2CCCCC3)c(=O)[nH]1. The Balaban J connectivity index is 1.65. The van der Waals surface area contributed by atoms with E-state index < -0.39 is 0 Å². The van der Waals surface area contributed by atoms with E-state index in [1.807, 2.05) is 54.9 Å². The minimum atomic E-state index is -0.225. The lowest BCUT2D eigenvalue weighted by Gasteiger charge is -2.08. The summed E-state index contributed by atoms with van der Waals surface area (Å²) in [6.45, 7) is 3.93. The van der Waals surface area contributed by atoms with Gasteiger partial charge in [-0.1, -0.05) is 24.6 Å². The van der Waals surface area contributed by atoms with E-state index in [0.29, 0.717) is 11.3 Å². The van der Waals surface area contributed by atoms with Crippen LogP contribution in [-0.4, -0.2) is 20.7 Å². The largest absolute Gasteiger partial charge is 0.346 e. The first kappa shape index (κ1) is 19.2. The predicted octanol–water partition coefficient (Wildman–Crippen LogP) is 3.38. The second kappa shape index (κ2) is 8.07. The number of aryl methyl sites for hydroxylation is 2. The van der Waals surface area contributed by atoms with Crippen LogP contribution in [-0.2, 0) is 19.4 Å². The van der Waals surface area contributed by atoms with E-state index in [1.54, 1.807) is 0 Å². The number of benzene rings is 1. The Labute approximate surface area is 170 Å². The second-order valence-electron chi connectivity index (χ2n) is 7.71. The van der Waals surface area contributed by atoms with Crippen LogP contribution in [0.3, 0.4) is 0 Å². The zero-order valence-corrected chi connectivity index (χ0v) is 16.9. The Kier molecular flexibility index (Phi) is 5.34. The summed E-state index contributed by atoms with van der Waals surface area (Å²) in [5.41, 5.74) is 5.73. The lowest BCUT2D eigenvalue weighted by molar-refractivity contribution is 0.0944. The number of hydrogen-bond acceptors (Lipinski definition) is 3. The summed E-state index contributed by atoms with van der Waals surface area (Å²) < 4.78 is 1.92. The van der Waals surface area contributed by atoms with Gasteiger partial charge in [-0.05, 0) is 63.3 Å². The van der Waals surface area contributed by atoms with Gasteiger partial charge in [-0.25, -0.2) is 4.68 Å². The van der Waals surface area contributed by atoms with Gasteiger partial charge in [0.15, 0.2) is 5.69 Å². The molecule has 0 atom stereocenters. The zero-order chi connectivity index (χ0) is 20.4. The molecule has 1 aliphatic rings. The topological polar surface area (TPSA) is 79.8 Å². The lowest BCUT2D eigenvalue weighted by atomic mass is 10.1. The Morgan fingerprint density at radius 1 is 1.14 bits per heavy atom.